The topological polar surface area (TPSA) is 93.1 Å². The third-order valence-corrected chi connectivity index (χ3v) is 8.21. The van der Waals surface area contributed by atoms with E-state index in [0.717, 1.165) is 37.4 Å². The molecule has 0 amide bonds. The minimum absolute atomic E-state index is 0.261. The molecule has 33 heavy (non-hydrogen) atoms. The Morgan fingerprint density at radius 3 is 2.97 bits per heavy atom. The molecule has 1 N–H and O–H groups in total. The second-order valence-corrected chi connectivity index (χ2v) is 10.1. The van der Waals surface area contributed by atoms with Gasteiger partial charge in [-0.1, -0.05) is 12.1 Å². The van der Waals surface area contributed by atoms with Gasteiger partial charge in [-0.15, -0.1) is 11.3 Å². The van der Waals surface area contributed by atoms with Gasteiger partial charge in [0, 0.05) is 38.3 Å². The average molecular weight is 464 g/mol. The molecule has 1 fully saturated rings. The molecule has 1 aromatic carbocycles. The van der Waals surface area contributed by atoms with E-state index in [0.29, 0.717) is 45.5 Å². The number of hydrogen-bond donors (Lipinski definition) is 1. The lowest BCUT2D eigenvalue weighted by Gasteiger charge is -2.28. The number of likely N-dealkylation sites (tertiary alicyclic amines) is 1. The van der Waals surface area contributed by atoms with Gasteiger partial charge in [-0.25, -0.2) is 14.8 Å². The molecule has 1 aliphatic carbocycles. The summed E-state index contributed by atoms with van der Waals surface area (Å²) < 4.78 is 7.41. The van der Waals surface area contributed by atoms with Crippen molar-refractivity contribution < 1.29 is 4.74 Å². The average Bonchev–Trinajstić information content (AvgIpc) is 3.39. The number of thiophene rings is 1. The fourth-order valence-electron chi connectivity index (χ4n) is 5.56. The van der Waals surface area contributed by atoms with E-state index in [1.54, 1.807) is 13.3 Å². The Balaban J connectivity index is 1.26. The zero-order chi connectivity index (χ0) is 22.7. The summed E-state index contributed by atoms with van der Waals surface area (Å²) in [6.45, 7) is 4.83. The molecule has 9 heteroatoms. The third kappa shape index (κ3) is 3.29. The van der Waals surface area contributed by atoms with Crippen molar-refractivity contribution in [1.29, 1.82) is 0 Å². The minimum atomic E-state index is -0.388. The van der Waals surface area contributed by atoms with Gasteiger partial charge in [-0.3, -0.25) is 9.36 Å². The molecule has 0 unspecified atom stereocenters. The van der Waals surface area contributed by atoms with Crippen LogP contribution in [-0.4, -0.2) is 51.2 Å². The van der Waals surface area contributed by atoms with E-state index in [2.05, 4.69) is 32.0 Å². The highest BCUT2D eigenvalue weighted by Crippen LogP contribution is 2.43. The molecular weight excluding hydrogens is 438 g/mol. The van der Waals surface area contributed by atoms with Crippen LogP contribution < -0.4 is 16.0 Å². The first-order chi connectivity index (χ1) is 16.0. The van der Waals surface area contributed by atoms with E-state index in [-0.39, 0.29) is 11.2 Å². The molecule has 2 aliphatic rings. The second kappa shape index (κ2) is 7.78. The number of aromatic nitrogens is 4. The molecule has 0 bridgehead atoms. The molecule has 170 valence electrons. The SMILES string of the molecule is COc1cccc2c1CC[C@H]1CN(CCn3c(=O)[nH]c4c(sc5nc(C)cnc54)c3=O)C[C@@H]21. The summed E-state index contributed by atoms with van der Waals surface area (Å²) in [7, 11) is 1.73. The Morgan fingerprint density at radius 1 is 1.24 bits per heavy atom. The first-order valence-corrected chi connectivity index (χ1v) is 12.1. The number of hydrogen-bond acceptors (Lipinski definition) is 7. The lowest BCUT2D eigenvalue weighted by atomic mass is 9.77. The summed E-state index contributed by atoms with van der Waals surface area (Å²) in [5, 5.41) is 0. The Hall–Kier alpha value is -3.04. The van der Waals surface area contributed by atoms with Gasteiger partial charge in [0.15, 0.2) is 0 Å². The number of aromatic amines is 1. The first-order valence-electron chi connectivity index (χ1n) is 11.3. The fourth-order valence-corrected chi connectivity index (χ4v) is 6.64. The summed E-state index contributed by atoms with van der Waals surface area (Å²) in [5.74, 6) is 2.06. The highest BCUT2D eigenvalue weighted by molar-refractivity contribution is 7.25. The molecule has 3 aromatic heterocycles. The Labute approximate surface area is 193 Å². The molecule has 4 aromatic rings. The summed E-state index contributed by atoms with van der Waals surface area (Å²) >= 11 is 1.29. The number of rotatable bonds is 4. The molecule has 6 rings (SSSR count). The number of aryl methyl sites for hydroxylation is 1. The van der Waals surface area contributed by atoms with Crippen LogP contribution in [-0.2, 0) is 13.0 Å². The molecule has 2 atom stereocenters. The number of methoxy groups -OCH3 is 1. The molecule has 0 saturated carbocycles. The van der Waals surface area contributed by atoms with Gasteiger partial charge in [-0.05, 0) is 42.9 Å². The minimum Gasteiger partial charge on any atom is -0.496 e. The van der Waals surface area contributed by atoms with Crippen LogP contribution in [0.1, 0.15) is 29.2 Å². The zero-order valence-electron chi connectivity index (χ0n) is 18.6. The van der Waals surface area contributed by atoms with Crippen molar-refractivity contribution in [2.24, 2.45) is 5.92 Å². The Kier molecular flexibility index (Phi) is 4.84. The van der Waals surface area contributed by atoms with Gasteiger partial charge in [0.25, 0.3) is 5.56 Å². The highest BCUT2D eigenvalue weighted by Gasteiger charge is 2.38. The van der Waals surface area contributed by atoms with Crippen molar-refractivity contribution in [3.8, 4) is 5.75 Å². The van der Waals surface area contributed by atoms with Crippen molar-refractivity contribution in [2.45, 2.75) is 32.2 Å². The van der Waals surface area contributed by atoms with E-state index >= 15 is 0 Å². The zero-order valence-corrected chi connectivity index (χ0v) is 19.4. The van der Waals surface area contributed by atoms with Crippen LogP contribution in [0.3, 0.4) is 0 Å². The Morgan fingerprint density at radius 2 is 2.12 bits per heavy atom. The summed E-state index contributed by atoms with van der Waals surface area (Å²) in [4.78, 5) is 40.7. The standard InChI is InChI=1S/C24H25N5O3S/c1-13-10-25-20-19-21(33-22(20)26-13)23(30)29(24(31)27-19)9-8-28-11-14-6-7-16-15(17(14)12-28)4-3-5-18(16)32-2/h3-5,10,14,17H,6-9,11-12H2,1-2H3,(H,27,31)/t14-,17+/m0/s1. The van der Waals surface area contributed by atoms with Gasteiger partial charge in [0.1, 0.15) is 20.8 Å². The normalized spacial score (nSPS) is 20.3. The number of H-pyrrole nitrogens is 1. The lowest BCUT2D eigenvalue weighted by Crippen LogP contribution is -2.38. The van der Waals surface area contributed by atoms with Crippen molar-refractivity contribution >= 4 is 31.9 Å². The van der Waals surface area contributed by atoms with Gasteiger partial charge >= 0.3 is 5.69 Å². The van der Waals surface area contributed by atoms with Crippen LogP contribution >= 0.6 is 11.3 Å². The van der Waals surface area contributed by atoms with Crippen molar-refractivity contribution in [3.63, 3.8) is 0 Å². The molecule has 0 spiro atoms. The highest BCUT2D eigenvalue weighted by atomic mass is 32.1. The number of fused-ring (bicyclic) bond motifs is 6. The van der Waals surface area contributed by atoms with Crippen LogP contribution in [0.4, 0.5) is 0 Å². The van der Waals surface area contributed by atoms with Crippen molar-refractivity contribution in [2.75, 3.05) is 26.7 Å². The van der Waals surface area contributed by atoms with Crippen LogP contribution in [0, 0.1) is 12.8 Å². The van der Waals surface area contributed by atoms with Gasteiger partial charge in [0.2, 0.25) is 0 Å². The predicted molar refractivity (Wildman–Crippen MR) is 129 cm³/mol. The van der Waals surface area contributed by atoms with E-state index in [9.17, 15) is 9.59 Å². The molecule has 1 saturated heterocycles. The van der Waals surface area contributed by atoms with Crippen LogP contribution in [0.15, 0.2) is 34.0 Å². The van der Waals surface area contributed by atoms with E-state index in [1.165, 1.54) is 27.0 Å². The van der Waals surface area contributed by atoms with E-state index in [4.69, 9.17) is 4.74 Å². The van der Waals surface area contributed by atoms with Crippen molar-refractivity contribution in [1.82, 2.24) is 24.4 Å². The smallest absolute Gasteiger partial charge is 0.328 e. The van der Waals surface area contributed by atoms with Crippen LogP contribution in [0.5, 0.6) is 5.75 Å². The fraction of sp³-hybridized carbons (Fsp3) is 0.417. The maximum absolute atomic E-state index is 13.2. The lowest BCUT2D eigenvalue weighted by molar-refractivity contribution is 0.303. The van der Waals surface area contributed by atoms with Gasteiger partial charge < -0.3 is 14.6 Å². The van der Waals surface area contributed by atoms with Crippen molar-refractivity contribution in [3.05, 3.63) is 62.1 Å². The maximum atomic E-state index is 13.2. The third-order valence-electron chi connectivity index (χ3n) is 7.15. The number of nitrogens with one attached hydrogen (secondary N) is 1. The number of ether oxygens (including phenoxy) is 1. The van der Waals surface area contributed by atoms with Crippen LogP contribution in [0.2, 0.25) is 0 Å². The van der Waals surface area contributed by atoms with Gasteiger partial charge in [-0.2, -0.15) is 0 Å². The molecular formula is C24H25N5O3S. The molecule has 0 radical (unpaired) electrons. The van der Waals surface area contributed by atoms with Crippen LogP contribution in [0.25, 0.3) is 20.6 Å². The largest absolute Gasteiger partial charge is 0.496 e. The predicted octanol–water partition coefficient (Wildman–Crippen LogP) is 2.67. The molecule has 4 heterocycles. The summed E-state index contributed by atoms with van der Waals surface area (Å²) in [6.07, 6.45) is 3.83. The van der Waals surface area contributed by atoms with E-state index in [1.807, 2.05) is 13.0 Å². The summed E-state index contributed by atoms with van der Waals surface area (Å²) in [6, 6.07) is 6.35. The number of benzene rings is 1. The molecule has 8 nitrogen and oxygen atoms in total. The van der Waals surface area contributed by atoms with Gasteiger partial charge in [0.05, 0.1) is 18.3 Å². The monoisotopic (exact) mass is 463 g/mol. The second-order valence-electron chi connectivity index (χ2n) is 9.05. The quantitative estimate of drug-likeness (QED) is 0.500. The van der Waals surface area contributed by atoms with E-state index < -0.39 is 0 Å². The summed E-state index contributed by atoms with van der Waals surface area (Å²) in [5.41, 5.74) is 3.94. The maximum Gasteiger partial charge on any atom is 0.328 e. The molecule has 1 aliphatic heterocycles. The first kappa shape index (κ1) is 20.6. The number of nitrogens with zero attached hydrogens (tertiary/aromatic N) is 4. The Bertz CT molecular complexity index is 1500.